The number of halogens is 2. The first-order valence-electron chi connectivity index (χ1n) is 6.94. The molecule has 0 saturated carbocycles. The molecule has 0 fully saturated rings. The summed E-state index contributed by atoms with van der Waals surface area (Å²) in [4.78, 5) is 1.23. The van der Waals surface area contributed by atoms with E-state index in [1.165, 1.54) is 16.0 Å². The number of hydrogen-bond donors (Lipinski definition) is 1. The summed E-state index contributed by atoms with van der Waals surface area (Å²) in [5.74, 6) is 0.909. The maximum absolute atomic E-state index is 6.34. The van der Waals surface area contributed by atoms with Crippen molar-refractivity contribution < 1.29 is 0 Å². The standard InChI is InChI=1S/C17H19Cl2NS/c1-12(2)20-10-15-16(19)4-3-5-17(15)21-11-13-6-8-14(18)9-7-13/h3-9,12,20H,10-11H2,1-2H3. The molecule has 0 bridgehead atoms. The number of hydrogen-bond acceptors (Lipinski definition) is 2. The van der Waals surface area contributed by atoms with Crippen LogP contribution in [0.5, 0.6) is 0 Å². The zero-order valence-electron chi connectivity index (χ0n) is 12.2. The van der Waals surface area contributed by atoms with Gasteiger partial charge in [-0.15, -0.1) is 11.8 Å². The fourth-order valence-electron chi connectivity index (χ4n) is 1.89. The van der Waals surface area contributed by atoms with Gasteiger partial charge in [0, 0.05) is 33.3 Å². The third-order valence-corrected chi connectivity index (χ3v) is 4.85. The number of thioether (sulfide) groups is 1. The molecule has 2 aromatic carbocycles. The Kier molecular flexibility index (Phi) is 6.43. The highest BCUT2D eigenvalue weighted by Gasteiger charge is 2.08. The Labute approximate surface area is 141 Å². The minimum Gasteiger partial charge on any atom is -0.310 e. The molecule has 0 unspecified atom stereocenters. The first kappa shape index (κ1) is 16.7. The first-order chi connectivity index (χ1) is 10.1. The van der Waals surface area contributed by atoms with Crippen LogP contribution in [0.25, 0.3) is 0 Å². The molecule has 0 radical (unpaired) electrons. The van der Waals surface area contributed by atoms with E-state index in [2.05, 4.69) is 37.4 Å². The highest BCUT2D eigenvalue weighted by molar-refractivity contribution is 7.98. The smallest absolute Gasteiger partial charge is 0.0462 e. The molecule has 0 spiro atoms. The first-order valence-corrected chi connectivity index (χ1v) is 8.68. The van der Waals surface area contributed by atoms with Crippen LogP contribution in [-0.4, -0.2) is 6.04 Å². The molecule has 4 heteroatoms. The highest BCUT2D eigenvalue weighted by atomic mass is 35.5. The van der Waals surface area contributed by atoms with Gasteiger partial charge in [-0.05, 0) is 35.4 Å². The summed E-state index contributed by atoms with van der Waals surface area (Å²) in [5.41, 5.74) is 2.43. The van der Waals surface area contributed by atoms with Crippen LogP contribution >= 0.6 is 35.0 Å². The molecule has 0 aliphatic rings. The Morgan fingerprint density at radius 2 is 1.76 bits per heavy atom. The van der Waals surface area contributed by atoms with Crippen LogP contribution < -0.4 is 5.32 Å². The minimum atomic E-state index is 0.440. The molecular formula is C17H19Cl2NS. The predicted molar refractivity (Wildman–Crippen MR) is 94.4 cm³/mol. The molecular weight excluding hydrogens is 321 g/mol. The van der Waals surface area contributed by atoms with Gasteiger partial charge in [0.15, 0.2) is 0 Å². The van der Waals surface area contributed by atoms with E-state index in [0.717, 1.165) is 22.3 Å². The maximum atomic E-state index is 6.34. The van der Waals surface area contributed by atoms with Crippen molar-refractivity contribution in [1.29, 1.82) is 0 Å². The molecule has 112 valence electrons. The molecule has 1 nitrogen and oxygen atoms in total. The van der Waals surface area contributed by atoms with E-state index in [4.69, 9.17) is 23.2 Å². The van der Waals surface area contributed by atoms with E-state index in [0.29, 0.717) is 6.04 Å². The van der Waals surface area contributed by atoms with Crippen molar-refractivity contribution in [1.82, 2.24) is 5.32 Å². The van der Waals surface area contributed by atoms with E-state index in [1.54, 1.807) is 11.8 Å². The molecule has 2 rings (SSSR count). The van der Waals surface area contributed by atoms with Gasteiger partial charge in [0.1, 0.15) is 0 Å². The van der Waals surface area contributed by atoms with Crippen molar-refractivity contribution in [2.45, 2.75) is 37.1 Å². The predicted octanol–water partition coefficient (Wildman–Crippen LogP) is 5.78. The second kappa shape index (κ2) is 8.09. The fourth-order valence-corrected chi connectivity index (χ4v) is 3.36. The number of rotatable bonds is 6. The normalized spacial score (nSPS) is 11.1. The zero-order chi connectivity index (χ0) is 15.2. The number of benzene rings is 2. The van der Waals surface area contributed by atoms with E-state index >= 15 is 0 Å². The van der Waals surface area contributed by atoms with Crippen LogP contribution in [0.1, 0.15) is 25.0 Å². The monoisotopic (exact) mass is 339 g/mol. The Hall–Kier alpha value is -0.670. The fraction of sp³-hybridized carbons (Fsp3) is 0.294. The van der Waals surface area contributed by atoms with Crippen molar-refractivity contribution in [3.63, 3.8) is 0 Å². The highest BCUT2D eigenvalue weighted by Crippen LogP contribution is 2.31. The van der Waals surface area contributed by atoms with Crippen LogP contribution in [0.4, 0.5) is 0 Å². The second-order valence-corrected chi connectivity index (χ2v) is 7.03. The summed E-state index contributed by atoms with van der Waals surface area (Å²) in [6, 6.07) is 14.5. The SMILES string of the molecule is CC(C)NCc1c(Cl)cccc1SCc1ccc(Cl)cc1. The summed E-state index contributed by atoms with van der Waals surface area (Å²) in [6.45, 7) is 5.06. The summed E-state index contributed by atoms with van der Waals surface area (Å²) in [6.07, 6.45) is 0. The van der Waals surface area contributed by atoms with Gasteiger partial charge < -0.3 is 5.32 Å². The summed E-state index contributed by atoms with van der Waals surface area (Å²) in [5, 5.41) is 5.03. The average Bonchev–Trinajstić information content (AvgIpc) is 2.45. The van der Waals surface area contributed by atoms with Crippen molar-refractivity contribution >= 4 is 35.0 Å². The van der Waals surface area contributed by atoms with Crippen LogP contribution in [0.3, 0.4) is 0 Å². The zero-order valence-corrected chi connectivity index (χ0v) is 14.5. The lowest BCUT2D eigenvalue weighted by molar-refractivity contribution is 0.585. The van der Waals surface area contributed by atoms with Crippen LogP contribution in [0.15, 0.2) is 47.4 Å². The van der Waals surface area contributed by atoms with Gasteiger partial charge in [-0.1, -0.05) is 55.2 Å². The molecule has 0 saturated heterocycles. The van der Waals surface area contributed by atoms with Gasteiger partial charge >= 0.3 is 0 Å². The van der Waals surface area contributed by atoms with Gasteiger partial charge in [0.25, 0.3) is 0 Å². The molecule has 0 aliphatic heterocycles. The quantitative estimate of drug-likeness (QED) is 0.669. The second-order valence-electron chi connectivity index (χ2n) is 5.17. The summed E-state index contributed by atoms with van der Waals surface area (Å²) >= 11 is 14.1. The van der Waals surface area contributed by atoms with Crippen LogP contribution in [0.2, 0.25) is 10.0 Å². The van der Waals surface area contributed by atoms with Crippen molar-refractivity contribution in [3.05, 3.63) is 63.6 Å². The molecule has 21 heavy (non-hydrogen) atoms. The minimum absolute atomic E-state index is 0.440. The molecule has 2 aromatic rings. The topological polar surface area (TPSA) is 12.0 Å². The van der Waals surface area contributed by atoms with Gasteiger partial charge in [0.2, 0.25) is 0 Å². The maximum Gasteiger partial charge on any atom is 0.0462 e. The lowest BCUT2D eigenvalue weighted by Crippen LogP contribution is -2.22. The molecule has 0 amide bonds. The summed E-state index contributed by atoms with van der Waals surface area (Å²) < 4.78 is 0. The van der Waals surface area contributed by atoms with Crippen molar-refractivity contribution in [2.24, 2.45) is 0 Å². The number of nitrogens with one attached hydrogen (secondary N) is 1. The Balaban J connectivity index is 2.08. The Morgan fingerprint density at radius 3 is 2.43 bits per heavy atom. The molecule has 0 heterocycles. The van der Waals surface area contributed by atoms with E-state index in [1.807, 2.05) is 24.3 Å². The summed E-state index contributed by atoms with van der Waals surface area (Å²) in [7, 11) is 0. The largest absolute Gasteiger partial charge is 0.310 e. The third-order valence-electron chi connectivity index (χ3n) is 3.07. The Bertz CT molecular complexity index is 582. The third kappa shape index (κ3) is 5.23. The van der Waals surface area contributed by atoms with E-state index < -0.39 is 0 Å². The van der Waals surface area contributed by atoms with Crippen molar-refractivity contribution in [3.8, 4) is 0 Å². The molecule has 0 aliphatic carbocycles. The molecule has 1 N–H and O–H groups in total. The van der Waals surface area contributed by atoms with Gasteiger partial charge in [0.05, 0.1) is 0 Å². The van der Waals surface area contributed by atoms with Gasteiger partial charge in [-0.25, -0.2) is 0 Å². The van der Waals surface area contributed by atoms with Crippen LogP contribution in [0, 0.1) is 0 Å². The van der Waals surface area contributed by atoms with Gasteiger partial charge in [-0.3, -0.25) is 0 Å². The molecule has 0 atom stereocenters. The lowest BCUT2D eigenvalue weighted by atomic mass is 10.2. The lowest BCUT2D eigenvalue weighted by Gasteiger charge is -2.14. The van der Waals surface area contributed by atoms with Gasteiger partial charge in [-0.2, -0.15) is 0 Å². The van der Waals surface area contributed by atoms with E-state index in [9.17, 15) is 0 Å². The molecule has 0 aromatic heterocycles. The average molecular weight is 340 g/mol. The van der Waals surface area contributed by atoms with Crippen LogP contribution in [-0.2, 0) is 12.3 Å². The Morgan fingerprint density at radius 1 is 1.05 bits per heavy atom. The van der Waals surface area contributed by atoms with E-state index in [-0.39, 0.29) is 0 Å². The van der Waals surface area contributed by atoms with Crippen molar-refractivity contribution in [2.75, 3.05) is 0 Å².